The number of para-hydroxylation sites is 1. The van der Waals surface area contributed by atoms with Crippen LogP contribution in [0.25, 0.3) is 11.5 Å². The van der Waals surface area contributed by atoms with Crippen molar-refractivity contribution in [1.82, 2.24) is 10.1 Å². The smallest absolute Gasteiger partial charge is 0.334 e. The quantitative estimate of drug-likeness (QED) is 0.627. The van der Waals surface area contributed by atoms with E-state index < -0.39 is 11.7 Å². The molecule has 150 valence electrons. The van der Waals surface area contributed by atoms with Crippen LogP contribution in [0.3, 0.4) is 0 Å². The predicted molar refractivity (Wildman–Crippen MR) is 100 cm³/mol. The normalized spacial score (nSPS) is 17.2. The molecule has 5 nitrogen and oxygen atoms in total. The topological polar surface area (TPSA) is 59.2 Å². The van der Waals surface area contributed by atoms with Gasteiger partial charge < -0.3 is 9.42 Å². The van der Waals surface area contributed by atoms with Gasteiger partial charge in [-0.15, -0.1) is 0 Å². The molecular formula is C21H18F3N3O2. The van der Waals surface area contributed by atoms with Crippen LogP contribution in [-0.4, -0.2) is 22.6 Å². The minimum atomic E-state index is -4.40. The summed E-state index contributed by atoms with van der Waals surface area (Å²) in [5.41, 5.74) is 2.57. The van der Waals surface area contributed by atoms with Crippen LogP contribution in [-0.2, 0) is 11.0 Å². The second kappa shape index (κ2) is 7.02. The Morgan fingerprint density at radius 1 is 1.07 bits per heavy atom. The Bertz CT molecular complexity index is 1040. The number of anilines is 1. The summed E-state index contributed by atoms with van der Waals surface area (Å²) in [5, 5.41) is 3.97. The van der Waals surface area contributed by atoms with E-state index in [0.29, 0.717) is 17.9 Å². The molecule has 1 saturated heterocycles. The molecular weight excluding hydrogens is 383 g/mol. The highest BCUT2D eigenvalue weighted by atomic mass is 19.4. The Kier molecular flexibility index (Phi) is 4.64. The lowest BCUT2D eigenvalue weighted by Crippen LogP contribution is -2.26. The molecule has 1 aliphatic heterocycles. The van der Waals surface area contributed by atoms with Gasteiger partial charge in [0.05, 0.1) is 5.56 Å². The van der Waals surface area contributed by atoms with E-state index in [1.807, 2.05) is 32.0 Å². The van der Waals surface area contributed by atoms with E-state index in [1.54, 1.807) is 4.90 Å². The number of amides is 1. The van der Waals surface area contributed by atoms with Gasteiger partial charge in [-0.05, 0) is 49.2 Å². The number of rotatable bonds is 3. The number of aromatic nitrogens is 2. The van der Waals surface area contributed by atoms with E-state index in [2.05, 4.69) is 10.1 Å². The van der Waals surface area contributed by atoms with Crippen LogP contribution in [0.4, 0.5) is 18.9 Å². The molecule has 4 rings (SSSR count). The van der Waals surface area contributed by atoms with Crippen molar-refractivity contribution in [2.45, 2.75) is 32.4 Å². The average molecular weight is 401 g/mol. The van der Waals surface area contributed by atoms with Gasteiger partial charge in [-0.1, -0.05) is 23.4 Å². The van der Waals surface area contributed by atoms with Gasteiger partial charge in [0, 0.05) is 30.1 Å². The van der Waals surface area contributed by atoms with Crippen molar-refractivity contribution in [1.29, 1.82) is 0 Å². The van der Waals surface area contributed by atoms with Gasteiger partial charge in [-0.2, -0.15) is 18.2 Å². The molecule has 29 heavy (non-hydrogen) atoms. The van der Waals surface area contributed by atoms with Gasteiger partial charge >= 0.3 is 6.18 Å². The molecule has 1 aliphatic rings. The first-order valence-corrected chi connectivity index (χ1v) is 9.12. The number of carbonyl (C=O) groups is 1. The largest absolute Gasteiger partial charge is 0.416 e. The van der Waals surface area contributed by atoms with E-state index in [4.69, 9.17) is 4.52 Å². The van der Waals surface area contributed by atoms with Crippen LogP contribution in [0.15, 0.2) is 47.0 Å². The summed E-state index contributed by atoms with van der Waals surface area (Å²) < 4.78 is 43.4. The van der Waals surface area contributed by atoms with E-state index in [9.17, 15) is 18.0 Å². The van der Waals surface area contributed by atoms with Gasteiger partial charge in [0.2, 0.25) is 5.91 Å². The van der Waals surface area contributed by atoms with Gasteiger partial charge in [0.25, 0.3) is 5.89 Å². The number of aryl methyl sites for hydroxylation is 2. The Hall–Kier alpha value is -3.16. The molecule has 1 unspecified atom stereocenters. The molecule has 0 bridgehead atoms. The van der Waals surface area contributed by atoms with Crippen LogP contribution < -0.4 is 4.90 Å². The highest BCUT2D eigenvalue weighted by Gasteiger charge is 2.36. The van der Waals surface area contributed by atoms with Crippen LogP contribution in [0.5, 0.6) is 0 Å². The second-order valence-electron chi connectivity index (χ2n) is 7.18. The second-order valence-corrected chi connectivity index (χ2v) is 7.18. The Morgan fingerprint density at radius 2 is 1.72 bits per heavy atom. The molecule has 0 N–H and O–H groups in total. The highest BCUT2D eigenvalue weighted by molar-refractivity contribution is 5.97. The zero-order valence-electron chi connectivity index (χ0n) is 15.8. The van der Waals surface area contributed by atoms with Crippen molar-refractivity contribution in [3.05, 3.63) is 65.0 Å². The van der Waals surface area contributed by atoms with E-state index in [0.717, 1.165) is 28.9 Å². The average Bonchev–Trinajstić information content (AvgIpc) is 3.29. The van der Waals surface area contributed by atoms with Crippen molar-refractivity contribution in [2.75, 3.05) is 11.4 Å². The van der Waals surface area contributed by atoms with E-state index >= 15 is 0 Å². The van der Waals surface area contributed by atoms with E-state index in [-0.39, 0.29) is 24.1 Å². The summed E-state index contributed by atoms with van der Waals surface area (Å²) >= 11 is 0. The number of halogens is 3. The molecule has 2 aromatic carbocycles. The number of alkyl halides is 3. The Labute approximate surface area is 165 Å². The standard InChI is InChI=1S/C21H18F3N3O2/c1-12-4-3-5-13(2)18(12)27-11-15(10-17(27)28)19-25-20(29-26-19)14-6-8-16(9-7-14)21(22,23)24/h3-9,15H,10-11H2,1-2H3. The maximum atomic E-state index is 12.7. The summed E-state index contributed by atoms with van der Waals surface area (Å²) in [4.78, 5) is 18.7. The fourth-order valence-corrected chi connectivity index (χ4v) is 3.65. The lowest BCUT2D eigenvalue weighted by molar-refractivity contribution is -0.137. The first kappa shape index (κ1) is 19.2. The maximum Gasteiger partial charge on any atom is 0.416 e. The Morgan fingerprint density at radius 3 is 2.34 bits per heavy atom. The fourth-order valence-electron chi connectivity index (χ4n) is 3.65. The molecule has 8 heteroatoms. The van der Waals surface area contributed by atoms with Crippen molar-refractivity contribution in [2.24, 2.45) is 0 Å². The van der Waals surface area contributed by atoms with Crippen molar-refractivity contribution in [3.63, 3.8) is 0 Å². The van der Waals surface area contributed by atoms with Gasteiger partial charge in [-0.3, -0.25) is 4.79 Å². The maximum absolute atomic E-state index is 12.7. The lowest BCUT2D eigenvalue weighted by Gasteiger charge is -2.21. The minimum Gasteiger partial charge on any atom is -0.334 e. The van der Waals surface area contributed by atoms with Crippen molar-refractivity contribution >= 4 is 11.6 Å². The predicted octanol–water partition coefficient (Wildman–Crippen LogP) is 4.89. The van der Waals surface area contributed by atoms with Crippen LogP contribution in [0.1, 0.15) is 34.9 Å². The summed E-state index contributed by atoms with van der Waals surface area (Å²) in [7, 11) is 0. The van der Waals surface area contributed by atoms with Crippen molar-refractivity contribution < 1.29 is 22.5 Å². The molecule has 0 aliphatic carbocycles. The number of carbonyl (C=O) groups excluding carboxylic acids is 1. The zero-order chi connectivity index (χ0) is 20.8. The molecule has 0 radical (unpaired) electrons. The van der Waals surface area contributed by atoms with Gasteiger partial charge in [0.15, 0.2) is 5.82 Å². The minimum absolute atomic E-state index is 0.0201. The molecule has 2 heterocycles. The first-order chi connectivity index (χ1) is 13.7. The number of hydrogen-bond acceptors (Lipinski definition) is 4. The molecule has 3 aromatic rings. The zero-order valence-corrected chi connectivity index (χ0v) is 15.8. The van der Waals surface area contributed by atoms with Crippen molar-refractivity contribution in [3.8, 4) is 11.5 Å². The fraction of sp³-hybridized carbons (Fsp3) is 0.286. The summed E-state index contributed by atoms with van der Waals surface area (Å²) in [6, 6.07) is 10.4. The third-order valence-corrected chi connectivity index (χ3v) is 5.10. The third kappa shape index (κ3) is 3.62. The van der Waals surface area contributed by atoms with Crippen LogP contribution >= 0.6 is 0 Å². The van der Waals surface area contributed by atoms with Crippen LogP contribution in [0, 0.1) is 13.8 Å². The van der Waals surface area contributed by atoms with E-state index in [1.165, 1.54) is 12.1 Å². The van der Waals surface area contributed by atoms with Gasteiger partial charge in [-0.25, -0.2) is 0 Å². The van der Waals surface area contributed by atoms with Gasteiger partial charge in [0.1, 0.15) is 0 Å². The number of benzene rings is 2. The number of hydrogen-bond donors (Lipinski definition) is 0. The summed E-state index contributed by atoms with van der Waals surface area (Å²) in [6.45, 7) is 4.34. The van der Waals surface area contributed by atoms with Crippen LogP contribution in [0.2, 0.25) is 0 Å². The molecule has 0 spiro atoms. The Balaban J connectivity index is 1.55. The highest BCUT2D eigenvalue weighted by Crippen LogP contribution is 2.35. The number of nitrogens with zero attached hydrogens (tertiary/aromatic N) is 3. The molecule has 1 atom stereocenters. The molecule has 1 aromatic heterocycles. The molecule has 1 fully saturated rings. The monoisotopic (exact) mass is 401 g/mol. The summed E-state index contributed by atoms with van der Waals surface area (Å²) in [5.74, 6) is 0.246. The third-order valence-electron chi connectivity index (χ3n) is 5.10. The first-order valence-electron chi connectivity index (χ1n) is 9.12. The summed E-state index contributed by atoms with van der Waals surface area (Å²) in [6.07, 6.45) is -4.15. The SMILES string of the molecule is Cc1cccc(C)c1N1CC(c2noc(-c3ccc(C(F)(F)F)cc3)n2)CC1=O. The lowest BCUT2D eigenvalue weighted by atomic mass is 10.1. The molecule has 1 amide bonds. The molecule has 0 saturated carbocycles.